The van der Waals surface area contributed by atoms with Crippen molar-refractivity contribution in [2.45, 2.75) is 19.6 Å². The van der Waals surface area contributed by atoms with Gasteiger partial charge in [0.05, 0.1) is 25.9 Å². The summed E-state index contributed by atoms with van der Waals surface area (Å²) in [6, 6.07) is 1.86. The lowest BCUT2D eigenvalue weighted by Gasteiger charge is -2.23. The van der Waals surface area contributed by atoms with Crippen LogP contribution in [0, 0.1) is 0 Å². The second-order valence-corrected chi connectivity index (χ2v) is 4.39. The van der Waals surface area contributed by atoms with E-state index in [0.717, 1.165) is 11.6 Å². The highest BCUT2D eigenvalue weighted by atomic mass is 16.6. The van der Waals surface area contributed by atoms with E-state index in [2.05, 4.69) is 20.6 Å². The van der Waals surface area contributed by atoms with Gasteiger partial charge < -0.3 is 24.8 Å². The van der Waals surface area contributed by atoms with E-state index in [9.17, 15) is 0 Å². The van der Waals surface area contributed by atoms with Crippen molar-refractivity contribution < 1.29 is 14.2 Å². The monoisotopic (exact) mass is 282 g/mol. The normalized spacial score (nSPS) is 18.8. The van der Waals surface area contributed by atoms with E-state index in [1.54, 1.807) is 0 Å². The van der Waals surface area contributed by atoms with Crippen LogP contribution in [0.25, 0.3) is 0 Å². The summed E-state index contributed by atoms with van der Waals surface area (Å²) < 4.78 is 16.3. The molecule has 1 saturated heterocycles. The van der Waals surface area contributed by atoms with Crippen LogP contribution in [-0.2, 0) is 20.8 Å². The lowest BCUT2D eigenvalue weighted by molar-refractivity contribution is -0.0819. The molecule has 0 radical (unpaired) electrons. The molecule has 2 N–H and O–H groups in total. The minimum atomic E-state index is 0.0621. The fourth-order valence-corrected chi connectivity index (χ4v) is 1.85. The molecule has 1 atom stereocenters. The predicted octanol–water partition coefficient (Wildman–Crippen LogP) is 0.882. The van der Waals surface area contributed by atoms with Crippen LogP contribution in [0.4, 0.5) is 11.6 Å². The Bertz CT molecular complexity index is 411. The Labute approximate surface area is 119 Å². The summed E-state index contributed by atoms with van der Waals surface area (Å²) >= 11 is 0. The number of nitrogens with one attached hydrogen (secondary N) is 2. The van der Waals surface area contributed by atoms with Crippen LogP contribution in [-0.4, -0.2) is 56.1 Å². The standard InChI is InChI=1S/C13H22N4O3/c1-3-18-9-13-16-11(14-2)6-12(17-13)15-7-10-8-19-4-5-20-10/h6,10H,3-5,7-9H2,1-2H3,(H2,14,15,16,17). The van der Waals surface area contributed by atoms with Gasteiger partial charge >= 0.3 is 0 Å². The van der Waals surface area contributed by atoms with Gasteiger partial charge in [0.2, 0.25) is 0 Å². The first-order chi connectivity index (χ1) is 9.81. The molecule has 0 aromatic carbocycles. The highest BCUT2D eigenvalue weighted by molar-refractivity contribution is 5.47. The summed E-state index contributed by atoms with van der Waals surface area (Å²) in [6.45, 7) is 5.59. The van der Waals surface area contributed by atoms with Gasteiger partial charge in [-0.25, -0.2) is 9.97 Å². The third-order valence-electron chi connectivity index (χ3n) is 2.86. The molecule has 2 heterocycles. The summed E-state index contributed by atoms with van der Waals surface area (Å²) in [4.78, 5) is 8.76. The van der Waals surface area contributed by atoms with Crippen molar-refractivity contribution in [3.63, 3.8) is 0 Å². The second-order valence-electron chi connectivity index (χ2n) is 4.39. The van der Waals surface area contributed by atoms with Gasteiger partial charge in [0, 0.05) is 26.3 Å². The van der Waals surface area contributed by atoms with Crippen molar-refractivity contribution in [1.82, 2.24) is 9.97 Å². The Morgan fingerprint density at radius 1 is 1.35 bits per heavy atom. The Morgan fingerprint density at radius 3 is 2.90 bits per heavy atom. The summed E-state index contributed by atoms with van der Waals surface area (Å²) in [6.07, 6.45) is 0.0621. The van der Waals surface area contributed by atoms with Crippen LogP contribution >= 0.6 is 0 Å². The van der Waals surface area contributed by atoms with E-state index in [4.69, 9.17) is 14.2 Å². The van der Waals surface area contributed by atoms with Crippen LogP contribution in [0.2, 0.25) is 0 Å². The molecule has 0 aliphatic carbocycles. The fourth-order valence-electron chi connectivity index (χ4n) is 1.85. The Balaban J connectivity index is 1.94. The van der Waals surface area contributed by atoms with E-state index < -0.39 is 0 Å². The number of aromatic nitrogens is 2. The first-order valence-corrected chi connectivity index (χ1v) is 6.88. The number of rotatable bonds is 7. The third kappa shape index (κ3) is 4.59. The molecule has 112 valence electrons. The highest BCUT2D eigenvalue weighted by Crippen LogP contribution is 2.12. The van der Waals surface area contributed by atoms with Crippen LogP contribution in [0.1, 0.15) is 12.7 Å². The van der Waals surface area contributed by atoms with Gasteiger partial charge in [0.25, 0.3) is 0 Å². The van der Waals surface area contributed by atoms with Crippen LogP contribution < -0.4 is 10.6 Å². The van der Waals surface area contributed by atoms with Crippen molar-refractivity contribution >= 4 is 11.6 Å². The topological polar surface area (TPSA) is 77.5 Å². The minimum absolute atomic E-state index is 0.0621. The van der Waals surface area contributed by atoms with Crippen LogP contribution in [0.5, 0.6) is 0 Å². The van der Waals surface area contributed by atoms with E-state index in [-0.39, 0.29) is 6.10 Å². The van der Waals surface area contributed by atoms with Gasteiger partial charge in [-0.15, -0.1) is 0 Å². The average molecular weight is 282 g/mol. The average Bonchev–Trinajstić information content (AvgIpc) is 2.51. The zero-order valence-corrected chi connectivity index (χ0v) is 12.0. The maximum Gasteiger partial charge on any atom is 0.158 e. The van der Waals surface area contributed by atoms with Crippen molar-refractivity contribution in [2.24, 2.45) is 0 Å². The number of hydrogen-bond donors (Lipinski definition) is 2. The molecule has 7 nitrogen and oxygen atoms in total. The summed E-state index contributed by atoms with van der Waals surface area (Å²) in [5, 5.41) is 6.27. The smallest absolute Gasteiger partial charge is 0.158 e. The van der Waals surface area contributed by atoms with Crippen molar-refractivity contribution in [3.8, 4) is 0 Å². The van der Waals surface area contributed by atoms with Gasteiger partial charge in [-0.3, -0.25) is 0 Å². The zero-order valence-electron chi connectivity index (χ0n) is 12.0. The van der Waals surface area contributed by atoms with Crippen molar-refractivity contribution in [2.75, 3.05) is 50.7 Å². The molecule has 0 amide bonds. The summed E-state index contributed by atoms with van der Waals surface area (Å²) in [5.74, 6) is 2.17. The highest BCUT2D eigenvalue weighted by Gasteiger charge is 2.14. The van der Waals surface area contributed by atoms with Gasteiger partial charge in [0.1, 0.15) is 18.2 Å². The SMILES string of the molecule is CCOCc1nc(NC)cc(NCC2COCCO2)n1. The molecule has 1 fully saturated rings. The maximum absolute atomic E-state index is 5.58. The van der Waals surface area contributed by atoms with Gasteiger partial charge in [-0.2, -0.15) is 0 Å². The van der Waals surface area contributed by atoms with Gasteiger partial charge in [-0.05, 0) is 6.92 Å². The number of ether oxygens (including phenoxy) is 3. The van der Waals surface area contributed by atoms with E-state index in [0.29, 0.717) is 45.4 Å². The first-order valence-electron chi connectivity index (χ1n) is 6.88. The molecule has 20 heavy (non-hydrogen) atoms. The quantitative estimate of drug-likeness (QED) is 0.768. The molecule has 7 heteroatoms. The first kappa shape index (κ1) is 15.0. The van der Waals surface area contributed by atoms with Crippen LogP contribution in [0.15, 0.2) is 6.07 Å². The van der Waals surface area contributed by atoms with Gasteiger partial charge in [0.15, 0.2) is 5.82 Å². The molecule has 1 aliphatic rings. The molecule has 0 saturated carbocycles. The number of hydrogen-bond acceptors (Lipinski definition) is 7. The Kier molecular flexibility index (Phi) is 5.97. The molecule has 1 aromatic rings. The molecule has 1 unspecified atom stereocenters. The molecular weight excluding hydrogens is 260 g/mol. The van der Waals surface area contributed by atoms with Crippen LogP contribution in [0.3, 0.4) is 0 Å². The minimum Gasteiger partial charge on any atom is -0.376 e. The van der Waals surface area contributed by atoms with Crippen molar-refractivity contribution in [1.29, 1.82) is 0 Å². The zero-order chi connectivity index (χ0) is 14.2. The van der Waals surface area contributed by atoms with E-state index >= 15 is 0 Å². The lowest BCUT2D eigenvalue weighted by atomic mass is 10.3. The lowest BCUT2D eigenvalue weighted by Crippen LogP contribution is -2.34. The summed E-state index contributed by atoms with van der Waals surface area (Å²) in [5.41, 5.74) is 0. The molecule has 0 bridgehead atoms. The number of nitrogens with zero attached hydrogens (tertiary/aromatic N) is 2. The largest absolute Gasteiger partial charge is 0.376 e. The maximum atomic E-state index is 5.58. The summed E-state index contributed by atoms with van der Waals surface area (Å²) in [7, 11) is 1.83. The predicted molar refractivity (Wildman–Crippen MR) is 76.0 cm³/mol. The second kappa shape index (κ2) is 7.98. The Hall–Kier alpha value is -1.44. The molecule has 0 spiro atoms. The number of anilines is 2. The van der Waals surface area contributed by atoms with E-state index in [1.807, 2.05) is 20.0 Å². The third-order valence-corrected chi connectivity index (χ3v) is 2.86. The van der Waals surface area contributed by atoms with E-state index in [1.165, 1.54) is 0 Å². The molecule has 2 rings (SSSR count). The van der Waals surface area contributed by atoms with Crippen molar-refractivity contribution in [3.05, 3.63) is 11.9 Å². The fraction of sp³-hybridized carbons (Fsp3) is 0.692. The molecular formula is C13H22N4O3. The molecule has 1 aromatic heterocycles. The Morgan fingerprint density at radius 2 is 2.20 bits per heavy atom. The van der Waals surface area contributed by atoms with Gasteiger partial charge in [-0.1, -0.05) is 0 Å². The molecule has 1 aliphatic heterocycles.